The van der Waals surface area contributed by atoms with Crippen LogP contribution in [0.2, 0.25) is 0 Å². The minimum atomic E-state index is -0.614. The smallest absolute Gasteiger partial charge is 0.252 e. The Balaban J connectivity index is 1.93. The number of fused-ring (bicyclic) bond motifs is 1. The molecule has 1 heterocycles. The van der Waals surface area contributed by atoms with Crippen LogP contribution in [0.4, 0.5) is 0 Å². The van der Waals surface area contributed by atoms with Crippen LogP contribution in [0.5, 0.6) is 11.5 Å². The number of methoxy groups -OCH3 is 1. The van der Waals surface area contributed by atoms with Crippen LogP contribution in [-0.2, 0) is 9.53 Å². The Morgan fingerprint density at radius 3 is 2.85 bits per heavy atom. The number of nitrogens with two attached hydrogens (primary N) is 1. The van der Waals surface area contributed by atoms with E-state index in [2.05, 4.69) is 0 Å². The van der Waals surface area contributed by atoms with Crippen molar-refractivity contribution >= 4 is 5.91 Å². The second-order valence-electron chi connectivity index (χ2n) is 4.68. The molecule has 0 fully saturated rings. The van der Waals surface area contributed by atoms with Crippen LogP contribution in [0.15, 0.2) is 24.3 Å². The quantitative estimate of drug-likeness (QED) is 0.837. The fraction of sp³-hybridized carbons (Fsp3) is 0.500. The van der Waals surface area contributed by atoms with E-state index < -0.39 is 6.10 Å². The summed E-state index contributed by atoms with van der Waals surface area (Å²) in [6.07, 6.45) is -0.814. The fourth-order valence-corrected chi connectivity index (χ4v) is 2.09. The summed E-state index contributed by atoms with van der Waals surface area (Å²) in [5, 5.41) is 0. The first kappa shape index (κ1) is 14.6. The highest BCUT2D eigenvalue weighted by Crippen LogP contribution is 2.30. The van der Waals surface area contributed by atoms with E-state index in [-0.39, 0.29) is 18.6 Å². The van der Waals surface area contributed by atoms with E-state index in [0.29, 0.717) is 18.9 Å². The number of ether oxygens (including phenoxy) is 3. The summed E-state index contributed by atoms with van der Waals surface area (Å²) in [5.41, 5.74) is 5.49. The number of para-hydroxylation sites is 2. The van der Waals surface area contributed by atoms with Gasteiger partial charge in [-0.1, -0.05) is 12.1 Å². The number of hydrogen-bond donors (Lipinski definition) is 1. The van der Waals surface area contributed by atoms with Crippen molar-refractivity contribution in [2.24, 2.45) is 5.73 Å². The summed E-state index contributed by atoms with van der Waals surface area (Å²) >= 11 is 0. The summed E-state index contributed by atoms with van der Waals surface area (Å²) in [7, 11) is 3.17. The van der Waals surface area contributed by atoms with Crippen molar-refractivity contribution in [1.82, 2.24) is 4.90 Å². The van der Waals surface area contributed by atoms with Crippen LogP contribution in [0.25, 0.3) is 0 Å². The molecular weight excluding hydrogens is 260 g/mol. The van der Waals surface area contributed by atoms with Gasteiger partial charge in [0.15, 0.2) is 17.6 Å². The molecule has 0 aliphatic carbocycles. The molecule has 0 spiro atoms. The third-order valence-electron chi connectivity index (χ3n) is 3.20. The lowest BCUT2D eigenvalue weighted by Gasteiger charge is -2.30. The molecule has 0 aromatic heterocycles. The largest absolute Gasteiger partial charge is 0.486 e. The number of nitrogens with zero attached hydrogens (tertiary/aromatic N) is 1. The fourth-order valence-electron chi connectivity index (χ4n) is 2.09. The third-order valence-corrected chi connectivity index (χ3v) is 3.20. The highest BCUT2D eigenvalue weighted by Gasteiger charge is 2.26. The van der Waals surface area contributed by atoms with Crippen molar-refractivity contribution in [3.63, 3.8) is 0 Å². The summed E-state index contributed by atoms with van der Waals surface area (Å²) < 4.78 is 16.5. The lowest BCUT2D eigenvalue weighted by atomic mass is 10.2. The number of rotatable bonds is 5. The lowest BCUT2D eigenvalue weighted by molar-refractivity contribution is -0.141. The molecule has 0 radical (unpaired) electrons. The van der Waals surface area contributed by atoms with Gasteiger partial charge in [0, 0.05) is 20.7 Å². The molecule has 2 atom stereocenters. The van der Waals surface area contributed by atoms with Gasteiger partial charge in [-0.2, -0.15) is 0 Å². The Hall–Kier alpha value is -1.79. The monoisotopic (exact) mass is 280 g/mol. The minimum absolute atomic E-state index is 0.155. The van der Waals surface area contributed by atoms with E-state index in [4.69, 9.17) is 19.9 Å². The molecule has 2 N–H and O–H groups in total. The summed E-state index contributed by atoms with van der Waals surface area (Å²) in [6.45, 7) is 0.993. The number of hydrogen-bond acceptors (Lipinski definition) is 5. The zero-order valence-corrected chi connectivity index (χ0v) is 11.7. The molecule has 1 aromatic rings. The summed E-state index contributed by atoms with van der Waals surface area (Å²) in [5.74, 6) is 1.28. The second-order valence-corrected chi connectivity index (χ2v) is 4.68. The maximum Gasteiger partial charge on any atom is 0.252 e. The molecule has 0 bridgehead atoms. The predicted molar refractivity (Wildman–Crippen MR) is 73.8 cm³/mol. The number of likely N-dealkylation sites (N-methyl/N-ethyl adjacent to an activating group) is 1. The molecule has 20 heavy (non-hydrogen) atoms. The zero-order chi connectivity index (χ0) is 14.5. The molecule has 0 saturated heterocycles. The number of benzene rings is 1. The van der Waals surface area contributed by atoms with E-state index in [9.17, 15) is 4.79 Å². The second kappa shape index (κ2) is 6.58. The molecule has 1 aliphatic rings. The highest BCUT2D eigenvalue weighted by molar-refractivity contribution is 5.81. The predicted octanol–water partition coefficient (Wildman–Crippen LogP) is 0.259. The van der Waals surface area contributed by atoms with Gasteiger partial charge in [-0.3, -0.25) is 4.79 Å². The molecular formula is C14H20N2O4. The van der Waals surface area contributed by atoms with Gasteiger partial charge in [-0.15, -0.1) is 0 Å². The van der Waals surface area contributed by atoms with Crippen molar-refractivity contribution in [2.45, 2.75) is 12.2 Å². The van der Waals surface area contributed by atoms with E-state index in [0.717, 1.165) is 5.75 Å². The summed E-state index contributed by atoms with van der Waals surface area (Å²) in [6, 6.07) is 7.48. The van der Waals surface area contributed by atoms with Crippen molar-refractivity contribution in [1.29, 1.82) is 0 Å². The molecule has 2 unspecified atom stereocenters. The average molecular weight is 280 g/mol. The molecule has 110 valence electrons. The normalized spacial score (nSPS) is 18.4. The maximum atomic E-state index is 12.0. The first-order valence-electron chi connectivity index (χ1n) is 6.52. The van der Waals surface area contributed by atoms with Crippen molar-refractivity contribution in [3.05, 3.63) is 24.3 Å². The van der Waals surface area contributed by atoms with Crippen molar-refractivity contribution in [3.8, 4) is 11.5 Å². The topological polar surface area (TPSA) is 74.0 Å². The van der Waals surface area contributed by atoms with Gasteiger partial charge in [-0.25, -0.2) is 0 Å². The molecule has 1 amide bonds. The molecule has 6 heteroatoms. The SMILES string of the molecule is COC(CN)C(=O)N(C)CC1COc2ccccc2O1. The van der Waals surface area contributed by atoms with Gasteiger partial charge in [0.25, 0.3) is 5.91 Å². The zero-order valence-electron chi connectivity index (χ0n) is 11.7. The number of carbonyl (C=O) groups excluding carboxylic acids is 1. The van der Waals surface area contributed by atoms with Gasteiger partial charge >= 0.3 is 0 Å². The molecule has 0 saturated carbocycles. The first-order chi connectivity index (χ1) is 9.65. The Morgan fingerprint density at radius 2 is 2.20 bits per heavy atom. The average Bonchev–Trinajstić information content (AvgIpc) is 2.48. The van der Waals surface area contributed by atoms with E-state index in [1.807, 2.05) is 24.3 Å². The Bertz CT molecular complexity index is 462. The van der Waals surface area contributed by atoms with Crippen molar-refractivity contribution < 1.29 is 19.0 Å². The third kappa shape index (κ3) is 3.20. The molecule has 1 aliphatic heterocycles. The van der Waals surface area contributed by atoms with Crippen LogP contribution in [-0.4, -0.2) is 56.9 Å². The number of amides is 1. The first-order valence-corrected chi connectivity index (χ1v) is 6.52. The van der Waals surface area contributed by atoms with Crippen LogP contribution in [0.3, 0.4) is 0 Å². The molecule has 2 rings (SSSR count). The van der Waals surface area contributed by atoms with Crippen LogP contribution in [0.1, 0.15) is 0 Å². The molecule has 1 aromatic carbocycles. The lowest BCUT2D eigenvalue weighted by Crippen LogP contribution is -2.47. The van der Waals surface area contributed by atoms with Gasteiger partial charge in [0.1, 0.15) is 12.7 Å². The van der Waals surface area contributed by atoms with Crippen molar-refractivity contribution in [2.75, 3.05) is 33.9 Å². The molecule has 6 nitrogen and oxygen atoms in total. The van der Waals surface area contributed by atoms with E-state index >= 15 is 0 Å². The van der Waals surface area contributed by atoms with Crippen LogP contribution >= 0.6 is 0 Å². The number of carbonyl (C=O) groups is 1. The Kier molecular flexibility index (Phi) is 4.81. The summed E-state index contributed by atoms with van der Waals surface area (Å²) in [4.78, 5) is 13.6. The Morgan fingerprint density at radius 1 is 1.50 bits per heavy atom. The maximum absolute atomic E-state index is 12.0. The standard InChI is InChI=1S/C14H20N2O4/c1-16(14(17)13(7-15)18-2)8-10-9-19-11-5-3-4-6-12(11)20-10/h3-6,10,13H,7-9,15H2,1-2H3. The van der Waals surface area contributed by atoms with Gasteiger partial charge in [0.2, 0.25) is 0 Å². The van der Waals surface area contributed by atoms with Crippen LogP contribution in [0, 0.1) is 0 Å². The van der Waals surface area contributed by atoms with E-state index in [1.54, 1.807) is 11.9 Å². The Labute approximate surface area is 118 Å². The van der Waals surface area contributed by atoms with E-state index in [1.165, 1.54) is 7.11 Å². The van der Waals surface area contributed by atoms with Crippen LogP contribution < -0.4 is 15.2 Å². The van der Waals surface area contributed by atoms with Gasteiger partial charge in [-0.05, 0) is 12.1 Å². The highest BCUT2D eigenvalue weighted by atomic mass is 16.6. The van der Waals surface area contributed by atoms with Gasteiger partial charge in [0.05, 0.1) is 6.54 Å². The van der Waals surface area contributed by atoms with Gasteiger partial charge < -0.3 is 24.8 Å². The minimum Gasteiger partial charge on any atom is -0.486 e.